The van der Waals surface area contributed by atoms with Gasteiger partial charge in [-0.3, -0.25) is 0 Å². The van der Waals surface area contributed by atoms with Crippen molar-refractivity contribution in [3.63, 3.8) is 0 Å². The number of oxime groups is 1. The zero-order chi connectivity index (χ0) is 13.7. The Hall–Kier alpha value is -2.49. The van der Waals surface area contributed by atoms with Crippen LogP contribution in [0.4, 0.5) is 5.69 Å². The van der Waals surface area contributed by atoms with Gasteiger partial charge < -0.3 is 15.3 Å². The van der Waals surface area contributed by atoms with Gasteiger partial charge in [-0.05, 0) is 48.9 Å². The fourth-order valence-corrected chi connectivity index (χ4v) is 1.65. The molecule has 4 nitrogen and oxygen atoms in total. The Labute approximate surface area is 112 Å². The summed E-state index contributed by atoms with van der Waals surface area (Å²) in [5.41, 5.74) is 8.23. The molecule has 0 bridgehead atoms. The smallest absolute Gasteiger partial charge is 0.150 e. The normalized spacial score (nSPS) is 11.2. The van der Waals surface area contributed by atoms with E-state index in [1.165, 1.54) is 7.11 Å². The molecule has 2 N–H and O–H groups in total. The predicted octanol–water partition coefficient (Wildman–Crippen LogP) is 3.43. The highest BCUT2D eigenvalue weighted by molar-refractivity contribution is 5.98. The van der Waals surface area contributed by atoms with Crippen LogP contribution in [0.1, 0.15) is 12.5 Å². The van der Waals surface area contributed by atoms with E-state index in [1.54, 1.807) is 6.07 Å². The lowest BCUT2D eigenvalue weighted by Crippen LogP contribution is -1.95. The van der Waals surface area contributed by atoms with Crippen molar-refractivity contribution in [1.29, 1.82) is 0 Å². The molecule has 19 heavy (non-hydrogen) atoms. The molecule has 0 heterocycles. The van der Waals surface area contributed by atoms with Crippen LogP contribution < -0.4 is 10.5 Å². The molecule has 4 heteroatoms. The van der Waals surface area contributed by atoms with E-state index >= 15 is 0 Å². The maximum atomic E-state index is 5.83. The van der Waals surface area contributed by atoms with Gasteiger partial charge in [-0.25, -0.2) is 0 Å². The SMILES string of the molecule is CON=C(C)c1ccc(Oc2ccccc2N)cc1. The number of benzene rings is 2. The number of nitrogen functional groups attached to an aromatic ring is 1. The largest absolute Gasteiger partial charge is 0.455 e. The van der Waals surface area contributed by atoms with Crippen molar-refractivity contribution in [2.24, 2.45) is 5.16 Å². The zero-order valence-corrected chi connectivity index (χ0v) is 11.0. The van der Waals surface area contributed by atoms with Gasteiger partial charge in [-0.2, -0.15) is 0 Å². The van der Waals surface area contributed by atoms with Gasteiger partial charge in [0.25, 0.3) is 0 Å². The van der Waals surface area contributed by atoms with Gasteiger partial charge in [0.05, 0.1) is 11.4 Å². The molecular weight excluding hydrogens is 240 g/mol. The summed E-state index contributed by atoms with van der Waals surface area (Å²) >= 11 is 0. The molecule has 2 aromatic rings. The number of hydrogen-bond acceptors (Lipinski definition) is 4. The highest BCUT2D eigenvalue weighted by Gasteiger charge is 2.02. The maximum absolute atomic E-state index is 5.83. The van der Waals surface area contributed by atoms with Crippen molar-refractivity contribution in [3.05, 3.63) is 54.1 Å². The lowest BCUT2D eigenvalue weighted by molar-refractivity contribution is 0.213. The van der Waals surface area contributed by atoms with Crippen molar-refractivity contribution in [3.8, 4) is 11.5 Å². The first-order valence-electron chi connectivity index (χ1n) is 5.91. The first kappa shape index (κ1) is 13.0. The van der Waals surface area contributed by atoms with Crippen molar-refractivity contribution >= 4 is 11.4 Å². The highest BCUT2D eigenvalue weighted by Crippen LogP contribution is 2.26. The van der Waals surface area contributed by atoms with Crippen LogP contribution in [0, 0.1) is 0 Å². The molecule has 0 aliphatic rings. The highest BCUT2D eigenvalue weighted by atomic mass is 16.6. The molecule has 0 unspecified atom stereocenters. The summed E-state index contributed by atoms with van der Waals surface area (Å²) in [6.07, 6.45) is 0. The summed E-state index contributed by atoms with van der Waals surface area (Å²) in [6, 6.07) is 15.0. The monoisotopic (exact) mass is 256 g/mol. The molecule has 0 atom stereocenters. The molecule has 0 saturated carbocycles. The minimum absolute atomic E-state index is 0.615. The molecule has 0 aromatic heterocycles. The van der Waals surface area contributed by atoms with Gasteiger partial charge in [-0.15, -0.1) is 0 Å². The van der Waals surface area contributed by atoms with Crippen molar-refractivity contribution in [1.82, 2.24) is 0 Å². The van der Waals surface area contributed by atoms with Crippen molar-refractivity contribution in [2.75, 3.05) is 12.8 Å². The number of nitrogens with two attached hydrogens (primary N) is 1. The Morgan fingerprint density at radius 1 is 1.05 bits per heavy atom. The average molecular weight is 256 g/mol. The molecule has 0 fully saturated rings. The Balaban J connectivity index is 2.16. The second-order valence-corrected chi connectivity index (χ2v) is 4.02. The third-order valence-electron chi connectivity index (χ3n) is 2.65. The van der Waals surface area contributed by atoms with Gasteiger partial charge >= 0.3 is 0 Å². The molecule has 0 radical (unpaired) electrons. The van der Waals surface area contributed by atoms with Crippen LogP contribution in [0.15, 0.2) is 53.7 Å². The number of anilines is 1. The maximum Gasteiger partial charge on any atom is 0.150 e. The molecule has 0 aliphatic heterocycles. The van der Waals surface area contributed by atoms with Gasteiger partial charge in [0.1, 0.15) is 18.6 Å². The van der Waals surface area contributed by atoms with Crippen molar-refractivity contribution in [2.45, 2.75) is 6.92 Å². The third-order valence-corrected chi connectivity index (χ3v) is 2.65. The van der Waals surface area contributed by atoms with E-state index in [2.05, 4.69) is 5.16 Å². The van der Waals surface area contributed by atoms with Gasteiger partial charge in [0, 0.05) is 0 Å². The predicted molar refractivity (Wildman–Crippen MR) is 76.6 cm³/mol. The molecule has 2 rings (SSSR count). The van der Waals surface area contributed by atoms with Crippen LogP contribution in [0.25, 0.3) is 0 Å². The van der Waals surface area contributed by atoms with E-state index in [9.17, 15) is 0 Å². The summed E-state index contributed by atoms with van der Waals surface area (Å²) in [7, 11) is 1.53. The molecule has 0 aliphatic carbocycles. The first-order valence-corrected chi connectivity index (χ1v) is 5.91. The number of hydrogen-bond donors (Lipinski definition) is 1. The van der Waals surface area contributed by atoms with E-state index in [1.807, 2.05) is 49.4 Å². The summed E-state index contributed by atoms with van der Waals surface area (Å²) in [5.74, 6) is 1.38. The molecule has 0 spiro atoms. The Morgan fingerprint density at radius 3 is 2.37 bits per heavy atom. The Morgan fingerprint density at radius 2 is 1.74 bits per heavy atom. The Bertz CT molecular complexity index is 577. The van der Waals surface area contributed by atoms with Gasteiger partial charge in [0.15, 0.2) is 0 Å². The lowest BCUT2D eigenvalue weighted by atomic mass is 10.1. The van der Waals surface area contributed by atoms with E-state index in [0.717, 1.165) is 17.0 Å². The average Bonchev–Trinajstić information content (AvgIpc) is 2.42. The van der Waals surface area contributed by atoms with Crippen LogP contribution in [-0.4, -0.2) is 12.8 Å². The quantitative estimate of drug-likeness (QED) is 0.518. The summed E-state index contributed by atoms with van der Waals surface area (Å²) in [6.45, 7) is 1.88. The third kappa shape index (κ3) is 3.25. The molecule has 2 aromatic carbocycles. The van der Waals surface area contributed by atoms with Crippen LogP contribution in [0.5, 0.6) is 11.5 Å². The van der Waals surface area contributed by atoms with Crippen LogP contribution in [-0.2, 0) is 4.84 Å². The van der Waals surface area contributed by atoms with Crippen LogP contribution in [0.2, 0.25) is 0 Å². The van der Waals surface area contributed by atoms with Gasteiger partial charge in [0.2, 0.25) is 0 Å². The van der Waals surface area contributed by atoms with E-state index in [-0.39, 0.29) is 0 Å². The van der Waals surface area contributed by atoms with E-state index in [4.69, 9.17) is 15.3 Å². The molecule has 98 valence electrons. The molecule has 0 amide bonds. The second kappa shape index (κ2) is 5.91. The number of rotatable bonds is 4. The fourth-order valence-electron chi connectivity index (χ4n) is 1.65. The van der Waals surface area contributed by atoms with E-state index < -0.39 is 0 Å². The Kier molecular flexibility index (Phi) is 4.03. The van der Waals surface area contributed by atoms with E-state index in [0.29, 0.717) is 11.4 Å². The number of nitrogens with zero attached hydrogens (tertiary/aromatic N) is 1. The molecular formula is C15H16N2O2. The second-order valence-electron chi connectivity index (χ2n) is 4.02. The first-order chi connectivity index (χ1) is 9.20. The van der Waals surface area contributed by atoms with Crippen molar-refractivity contribution < 1.29 is 9.57 Å². The number of ether oxygens (including phenoxy) is 1. The summed E-state index contributed by atoms with van der Waals surface area (Å²) in [5, 5.41) is 3.88. The zero-order valence-electron chi connectivity index (χ0n) is 11.0. The minimum atomic E-state index is 0.615. The standard InChI is InChI=1S/C15H16N2O2/c1-11(17-18-2)12-7-9-13(10-8-12)19-15-6-4-3-5-14(15)16/h3-10H,16H2,1-2H3. The fraction of sp³-hybridized carbons (Fsp3) is 0.133. The number of para-hydroxylation sites is 2. The molecule has 0 saturated heterocycles. The van der Waals surface area contributed by atoms with Crippen LogP contribution in [0.3, 0.4) is 0 Å². The van der Waals surface area contributed by atoms with Crippen LogP contribution >= 0.6 is 0 Å². The lowest BCUT2D eigenvalue weighted by Gasteiger charge is -2.08. The minimum Gasteiger partial charge on any atom is -0.455 e. The topological polar surface area (TPSA) is 56.8 Å². The van der Waals surface area contributed by atoms with Gasteiger partial charge in [-0.1, -0.05) is 17.3 Å². The summed E-state index contributed by atoms with van der Waals surface area (Å²) < 4.78 is 5.71. The summed E-state index contributed by atoms with van der Waals surface area (Å²) in [4.78, 5) is 4.74.